The molecule has 8 nitrogen and oxygen atoms in total. The van der Waals surface area contributed by atoms with Crippen molar-refractivity contribution >= 4 is 28.9 Å². The van der Waals surface area contributed by atoms with Gasteiger partial charge < -0.3 is 15.4 Å². The summed E-state index contributed by atoms with van der Waals surface area (Å²) in [6.45, 7) is 5.20. The summed E-state index contributed by atoms with van der Waals surface area (Å²) in [5.41, 5.74) is 2.52. The first-order chi connectivity index (χ1) is 12.7. The zero-order chi connectivity index (χ0) is 20.1. The van der Waals surface area contributed by atoms with Gasteiger partial charge in [-0.05, 0) is 50.1 Å². The molecular formula is C19H21N3O5. The summed E-state index contributed by atoms with van der Waals surface area (Å²) in [5.74, 6) is -1.30. The summed E-state index contributed by atoms with van der Waals surface area (Å²) in [6, 6.07) is 9.55. The molecule has 142 valence electrons. The van der Waals surface area contributed by atoms with Crippen LogP contribution < -0.4 is 10.6 Å². The zero-order valence-electron chi connectivity index (χ0n) is 15.5. The van der Waals surface area contributed by atoms with Gasteiger partial charge in [0.25, 0.3) is 11.6 Å². The van der Waals surface area contributed by atoms with E-state index in [1.165, 1.54) is 19.1 Å². The standard InChI is InChI=1S/C19H21N3O5/c1-11-5-6-12(2)16(9-11)21-18(23)13(3)27-19(24)14-7-8-15(20-4)17(10-14)22(25)26/h5-10,13,20H,1-4H3,(H,21,23)/t13-/m0/s1. The maximum absolute atomic E-state index is 12.3. The van der Waals surface area contributed by atoms with Crippen molar-refractivity contribution in [3.05, 3.63) is 63.2 Å². The monoisotopic (exact) mass is 371 g/mol. The number of hydrogen-bond acceptors (Lipinski definition) is 6. The number of nitrogens with one attached hydrogen (secondary N) is 2. The number of nitro groups is 1. The molecule has 0 unspecified atom stereocenters. The van der Waals surface area contributed by atoms with E-state index >= 15 is 0 Å². The van der Waals surface area contributed by atoms with E-state index in [0.29, 0.717) is 5.69 Å². The van der Waals surface area contributed by atoms with E-state index in [0.717, 1.165) is 17.2 Å². The predicted molar refractivity (Wildman–Crippen MR) is 102 cm³/mol. The van der Waals surface area contributed by atoms with Gasteiger partial charge in [0, 0.05) is 18.8 Å². The van der Waals surface area contributed by atoms with Crippen LogP contribution in [-0.2, 0) is 9.53 Å². The average molecular weight is 371 g/mol. The van der Waals surface area contributed by atoms with Gasteiger partial charge in [-0.1, -0.05) is 12.1 Å². The first-order valence-electron chi connectivity index (χ1n) is 8.28. The molecular weight excluding hydrogens is 350 g/mol. The Labute approximate surface area is 156 Å². The molecule has 0 saturated heterocycles. The Morgan fingerprint density at radius 2 is 1.81 bits per heavy atom. The first kappa shape index (κ1) is 19.9. The largest absolute Gasteiger partial charge is 0.449 e. The van der Waals surface area contributed by atoms with Crippen LogP contribution >= 0.6 is 0 Å². The number of hydrogen-bond donors (Lipinski definition) is 2. The molecule has 2 N–H and O–H groups in total. The number of esters is 1. The van der Waals surface area contributed by atoms with E-state index in [4.69, 9.17) is 4.74 Å². The molecule has 0 aromatic heterocycles. The van der Waals surface area contributed by atoms with Crippen LogP contribution in [0.15, 0.2) is 36.4 Å². The van der Waals surface area contributed by atoms with Crippen LogP contribution in [-0.4, -0.2) is 30.0 Å². The minimum atomic E-state index is -1.07. The molecule has 2 aromatic rings. The first-order valence-corrected chi connectivity index (χ1v) is 8.28. The van der Waals surface area contributed by atoms with Gasteiger partial charge in [-0.2, -0.15) is 0 Å². The van der Waals surface area contributed by atoms with E-state index in [1.54, 1.807) is 7.05 Å². The third-order valence-electron chi connectivity index (χ3n) is 4.00. The molecule has 0 aliphatic heterocycles. The second-order valence-corrected chi connectivity index (χ2v) is 6.09. The van der Waals surface area contributed by atoms with Crippen molar-refractivity contribution in [2.24, 2.45) is 0 Å². The fourth-order valence-electron chi connectivity index (χ4n) is 2.41. The average Bonchev–Trinajstić information content (AvgIpc) is 2.63. The Kier molecular flexibility index (Phi) is 6.12. The van der Waals surface area contributed by atoms with Crippen LogP contribution in [0.25, 0.3) is 0 Å². The van der Waals surface area contributed by atoms with Crippen LogP contribution in [0.4, 0.5) is 17.1 Å². The van der Waals surface area contributed by atoms with Gasteiger partial charge >= 0.3 is 5.97 Å². The van der Waals surface area contributed by atoms with Crippen molar-refractivity contribution in [1.29, 1.82) is 0 Å². The predicted octanol–water partition coefficient (Wildman–Crippen LogP) is 3.44. The number of ether oxygens (including phenoxy) is 1. The highest BCUT2D eigenvalue weighted by Crippen LogP contribution is 2.25. The van der Waals surface area contributed by atoms with Gasteiger partial charge in [0.15, 0.2) is 6.10 Å². The highest BCUT2D eigenvalue weighted by molar-refractivity contribution is 5.98. The summed E-state index contributed by atoms with van der Waals surface area (Å²) >= 11 is 0. The van der Waals surface area contributed by atoms with Crippen LogP contribution in [0.2, 0.25) is 0 Å². The molecule has 0 radical (unpaired) electrons. The smallest absolute Gasteiger partial charge is 0.339 e. The molecule has 0 spiro atoms. The van der Waals surface area contributed by atoms with Crippen LogP contribution in [0.1, 0.15) is 28.4 Å². The van der Waals surface area contributed by atoms with Crippen LogP contribution in [0.3, 0.4) is 0 Å². The van der Waals surface area contributed by atoms with Crippen molar-refractivity contribution in [2.45, 2.75) is 26.9 Å². The lowest BCUT2D eigenvalue weighted by atomic mass is 10.1. The normalized spacial score (nSPS) is 11.4. The van der Waals surface area contributed by atoms with Gasteiger partial charge in [0.2, 0.25) is 0 Å². The van der Waals surface area contributed by atoms with Gasteiger partial charge in [0.05, 0.1) is 10.5 Å². The number of aryl methyl sites for hydroxylation is 2. The quantitative estimate of drug-likeness (QED) is 0.457. The fourth-order valence-corrected chi connectivity index (χ4v) is 2.41. The second-order valence-electron chi connectivity index (χ2n) is 6.09. The third-order valence-corrected chi connectivity index (χ3v) is 4.00. The lowest BCUT2D eigenvalue weighted by Crippen LogP contribution is -2.30. The van der Waals surface area contributed by atoms with Gasteiger partial charge in [0.1, 0.15) is 5.69 Å². The molecule has 2 rings (SSSR count). The Bertz CT molecular complexity index is 895. The minimum absolute atomic E-state index is 0.00733. The number of rotatable bonds is 6. The van der Waals surface area contributed by atoms with Gasteiger partial charge in [-0.3, -0.25) is 14.9 Å². The molecule has 27 heavy (non-hydrogen) atoms. The number of amides is 1. The molecule has 0 aliphatic rings. The Balaban J connectivity index is 2.10. The minimum Gasteiger partial charge on any atom is -0.449 e. The summed E-state index contributed by atoms with van der Waals surface area (Å²) in [6.07, 6.45) is -1.07. The molecule has 1 atom stereocenters. The number of carbonyl (C=O) groups is 2. The molecule has 1 amide bonds. The maximum atomic E-state index is 12.3. The van der Waals surface area contributed by atoms with E-state index in [-0.39, 0.29) is 16.9 Å². The van der Waals surface area contributed by atoms with E-state index < -0.39 is 22.9 Å². The number of nitro benzene ring substituents is 1. The van der Waals surface area contributed by atoms with Crippen molar-refractivity contribution in [3.8, 4) is 0 Å². The maximum Gasteiger partial charge on any atom is 0.339 e. The number of anilines is 2. The highest BCUT2D eigenvalue weighted by Gasteiger charge is 2.22. The van der Waals surface area contributed by atoms with Crippen molar-refractivity contribution in [2.75, 3.05) is 17.7 Å². The second kappa shape index (κ2) is 8.31. The van der Waals surface area contributed by atoms with Crippen LogP contribution in [0, 0.1) is 24.0 Å². The Morgan fingerprint density at radius 1 is 1.11 bits per heavy atom. The van der Waals surface area contributed by atoms with Crippen molar-refractivity contribution in [1.82, 2.24) is 0 Å². The van der Waals surface area contributed by atoms with Crippen molar-refractivity contribution < 1.29 is 19.2 Å². The molecule has 2 aromatic carbocycles. The molecule has 0 heterocycles. The Morgan fingerprint density at radius 3 is 2.44 bits per heavy atom. The fraction of sp³-hybridized carbons (Fsp3) is 0.263. The number of benzene rings is 2. The molecule has 0 bridgehead atoms. The number of nitrogens with zero attached hydrogens (tertiary/aromatic N) is 1. The molecule has 0 saturated carbocycles. The van der Waals surface area contributed by atoms with Crippen LogP contribution in [0.5, 0.6) is 0 Å². The Hall–Kier alpha value is -3.42. The van der Waals surface area contributed by atoms with Gasteiger partial charge in [-0.25, -0.2) is 4.79 Å². The topological polar surface area (TPSA) is 111 Å². The zero-order valence-corrected chi connectivity index (χ0v) is 15.5. The lowest BCUT2D eigenvalue weighted by Gasteiger charge is -2.15. The molecule has 0 fully saturated rings. The van der Waals surface area contributed by atoms with E-state index in [2.05, 4.69) is 10.6 Å². The summed E-state index contributed by atoms with van der Waals surface area (Å²) in [5, 5.41) is 16.5. The third kappa shape index (κ3) is 4.81. The number of carbonyl (C=O) groups excluding carboxylic acids is 2. The van der Waals surface area contributed by atoms with Gasteiger partial charge in [-0.15, -0.1) is 0 Å². The van der Waals surface area contributed by atoms with E-state index in [9.17, 15) is 19.7 Å². The summed E-state index contributed by atoms with van der Waals surface area (Å²) < 4.78 is 5.15. The lowest BCUT2D eigenvalue weighted by molar-refractivity contribution is -0.384. The summed E-state index contributed by atoms with van der Waals surface area (Å²) in [7, 11) is 1.54. The van der Waals surface area contributed by atoms with Crippen molar-refractivity contribution in [3.63, 3.8) is 0 Å². The van der Waals surface area contributed by atoms with E-state index in [1.807, 2.05) is 32.0 Å². The SMILES string of the molecule is CNc1ccc(C(=O)O[C@@H](C)C(=O)Nc2cc(C)ccc2C)cc1[N+](=O)[O-]. The summed E-state index contributed by atoms with van der Waals surface area (Å²) in [4.78, 5) is 35.1. The molecule has 0 aliphatic carbocycles. The molecule has 8 heteroatoms. The highest BCUT2D eigenvalue weighted by atomic mass is 16.6.